The maximum Gasteiger partial charge on any atom is 0.221 e. The third-order valence-corrected chi connectivity index (χ3v) is 3.58. The maximum absolute atomic E-state index is 13.3. The van der Waals surface area contributed by atoms with Crippen molar-refractivity contribution in [3.05, 3.63) is 65.5 Å². The second kappa shape index (κ2) is 10.7. The molecular formula is C19H24FIN4O. The quantitative estimate of drug-likeness (QED) is 0.399. The largest absolute Gasteiger partial charge is 0.352 e. The highest BCUT2D eigenvalue weighted by Crippen LogP contribution is 2.11. The highest BCUT2D eigenvalue weighted by molar-refractivity contribution is 14.0. The third-order valence-electron chi connectivity index (χ3n) is 3.58. The van der Waals surface area contributed by atoms with Crippen LogP contribution in [0.5, 0.6) is 0 Å². The van der Waals surface area contributed by atoms with Crippen molar-refractivity contribution in [1.82, 2.24) is 10.2 Å². The molecule has 0 aliphatic carbocycles. The lowest BCUT2D eigenvalue weighted by molar-refractivity contribution is -0.114. The summed E-state index contributed by atoms with van der Waals surface area (Å²) in [7, 11) is 3.60. The first-order chi connectivity index (χ1) is 12.0. The second-order valence-corrected chi connectivity index (χ2v) is 5.77. The molecule has 1 amide bonds. The van der Waals surface area contributed by atoms with Crippen LogP contribution >= 0.6 is 24.0 Å². The summed E-state index contributed by atoms with van der Waals surface area (Å²) >= 11 is 0. The van der Waals surface area contributed by atoms with E-state index in [1.165, 1.54) is 19.1 Å². The number of aliphatic imine (C=N–C) groups is 1. The summed E-state index contributed by atoms with van der Waals surface area (Å²) in [6.45, 7) is 2.59. The first-order valence-electron chi connectivity index (χ1n) is 8.00. The molecule has 0 spiro atoms. The van der Waals surface area contributed by atoms with Crippen molar-refractivity contribution in [2.24, 2.45) is 4.99 Å². The van der Waals surface area contributed by atoms with Crippen LogP contribution in [0.3, 0.4) is 0 Å². The molecule has 2 rings (SSSR count). The van der Waals surface area contributed by atoms with Gasteiger partial charge in [0.05, 0.1) is 0 Å². The van der Waals surface area contributed by atoms with Crippen molar-refractivity contribution in [3.63, 3.8) is 0 Å². The van der Waals surface area contributed by atoms with E-state index < -0.39 is 0 Å². The van der Waals surface area contributed by atoms with Crippen LogP contribution in [0.25, 0.3) is 0 Å². The number of nitrogens with one attached hydrogen (secondary N) is 2. The van der Waals surface area contributed by atoms with E-state index in [-0.39, 0.29) is 35.7 Å². The number of rotatable bonds is 5. The molecule has 0 aliphatic rings. The number of halogens is 2. The van der Waals surface area contributed by atoms with E-state index in [0.29, 0.717) is 19.0 Å². The van der Waals surface area contributed by atoms with Crippen molar-refractivity contribution in [2.45, 2.75) is 20.0 Å². The van der Waals surface area contributed by atoms with Crippen molar-refractivity contribution >= 4 is 41.5 Å². The predicted molar refractivity (Wildman–Crippen MR) is 114 cm³/mol. The molecule has 0 aromatic heterocycles. The Bertz CT molecular complexity index is 767. The van der Waals surface area contributed by atoms with E-state index in [1.807, 2.05) is 42.3 Å². The fraction of sp³-hybridized carbons (Fsp3) is 0.263. The molecule has 0 saturated carbocycles. The summed E-state index contributed by atoms with van der Waals surface area (Å²) in [6.07, 6.45) is 0. The monoisotopic (exact) mass is 470 g/mol. The Hall–Kier alpha value is -2.16. The number of hydrogen-bond donors (Lipinski definition) is 2. The summed E-state index contributed by atoms with van der Waals surface area (Å²) < 4.78 is 13.3. The average molecular weight is 470 g/mol. The molecule has 0 atom stereocenters. The van der Waals surface area contributed by atoms with Crippen molar-refractivity contribution < 1.29 is 9.18 Å². The van der Waals surface area contributed by atoms with Gasteiger partial charge < -0.3 is 15.5 Å². The van der Waals surface area contributed by atoms with E-state index in [4.69, 9.17) is 0 Å². The van der Waals surface area contributed by atoms with Gasteiger partial charge in [0.15, 0.2) is 5.96 Å². The maximum atomic E-state index is 13.3. The first-order valence-corrected chi connectivity index (χ1v) is 8.00. The van der Waals surface area contributed by atoms with Crippen LogP contribution in [-0.2, 0) is 17.9 Å². The van der Waals surface area contributed by atoms with E-state index >= 15 is 0 Å². The number of carbonyl (C=O) groups excluding carboxylic acids is 1. The normalized spacial score (nSPS) is 10.7. The summed E-state index contributed by atoms with van der Waals surface area (Å²) in [5.74, 6) is 0.355. The van der Waals surface area contributed by atoms with Gasteiger partial charge in [0, 0.05) is 39.8 Å². The number of amides is 1. The van der Waals surface area contributed by atoms with Crippen LogP contribution < -0.4 is 10.6 Å². The topological polar surface area (TPSA) is 56.7 Å². The van der Waals surface area contributed by atoms with Crippen LogP contribution in [0.2, 0.25) is 0 Å². The predicted octanol–water partition coefficient (Wildman–Crippen LogP) is 3.61. The molecule has 0 bridgehead atoms. The summed E-state index contributed by atoms with van der Waals surface area (Å²) in [4.78, 5) is 17.3. The molecule has 7 heteroatoms. The van der Waals surface area contributed by atoms with Gasteiger partial charge in [-0.05, 0) is 35.4 Å². The van der Waals surface area contributed by atoms with E-state index in [9.17, 15) is 9.18 Å². The fourth-order valence-electron chi connectivity index (χ4n) is 2.51. The molecule has 0 radical (unpaired) electrons. The minimum Gasteiger partial charge on any atom is -0.352 e. The van der Waals surface area contributed by atoms with Crippen molar-refractivity contribution in [3.8, 4) is 0 Å². The highest BCUT2D eigenvalue weighted by Gasteiger charge is 2.07. The van der Waals surface area contributed by atoms with Crippen LogP contribution in [-0.4, -0.2) is 30.9 Å². The van der Waals surface area contributed by atoms with Gasteiger partial charge >= 0.3 is 0 Å². The lowest BCUT2D eigenvalue weighted by Gasteiger charge is -2.22. The Labute approximate surface area is 170 Å². The van der Waals surface area contributed by atoms with Crippen molar-refractivity contribution in [2.75, 3.05) is 19.4 Å². The summed E-state index contributed by atoms with van der Waals surface area (Å²) in [6, 6.07) is 14.1. The Morgan fingerprint density at radius 3 is 2.50 bits per heavy atom. The van der Waals surface area contributed by atoms with Crippen molar-refractivity contribution in [1.29, 1.82) is 0 Å². The van der Waals surface area contributed by atoms with Crippen LogP contribution in [0, 0.1) is 5.82 Å². The van der Waals surface area contributed by atoms with Crippen LogP contribution in [0.4, 0.5) is 10.1 Å². The van der Waals surface area contributed by atoms with Gasteiger partial charge in [-0.1, -0.05) is 24.3 Å². The minimum atomic E-state index is -0.247. The fourth-order valence-corrected chi connectivity index (χ4v) is 2.51. The number of anilines is 1. The standard InChI is InChI=1S/C19H23FN4O.HI/c1-14(25)23-18-9-5-6-15(11-18)12-22-19(21-2)24(3)13-16-7-4-8-17(20)10-16;/h4-11H,12-13H2,1-3H3,(H,21,22)(H,23,25);1H. The zero-order valence-corrected chi connectivity index (χ0v) is 17.5. The summed E-state index contributed by atoms with van der Waals surface area (Å²) in [5.41, 5.74) is 2.65. The second-order valence-electron chi connectivity index (χ2n) is 5.77. The Morgan fingerprint density at radius 2 is 1.85 bits per heavy atom. The van der Waals surface area contributed by atoms with Crippen LogP contribution in [0.15, 0.2) is 53.5 Å². The molecule has 0 fully saturated rings. The molecule has 140 valence electrons. The zero-order chi connectivity index (χ0) is 18.2. The average Bonchev–Trinajstić information content (AvgIpc) is 2.55. The number of hydrogen-bond acceptors (Lipinski definition) is 2. The number of carbonyl (C=O) groups is 1. The Balaban J connectivity index is 0.00000338. The molecule has 2 aromatic rings. The minimum absolute atomic E-state index is 0. The lowest BCUT2D eigenvalue weighted by Crippen LogP contribution is -2.38. The summed E-state index contributed by atoms with van der Waals surface area (Å²) in [5, 5.41) is 6.03. The third kappa shape index (κ3) is 6.99. The number of benzene rings is 2. The SMILES string of the molecule is CN=C(NCc1cccc(NC(C)=O)c1)N(C)Cc1cccc(F)c1.I. The molecule has 0 saturated heterocycles. The van der Waals surface area contributed by atoms with Gasteiger partial charge in [0.2, 0.25) is 5.91 Å². The molecule has 2 aromatic carbocycles. The van der Waals surface area contributed by atoms with E-state index in [1.54, 1.807) is 13.1 Å². The van der Waals surface area contributed by atoms with Gasteiger partial charge in [-0.25, -0.2) is 4.39 Å². The number of nitrogens with zero attached hydrogens (tertiary/aromatic N) is 2. The molecule has 0 unspecified atom stereocenters. The smallest absolute Gasteiger partial charge is 0.221 e. The van der Waals surface area contributed by atoms with Gasteiger partial charge in [0.1, 0.15) is 5.82 Å². The Kier molecular flexibility index (Phi) is 9.04. The van der Waals surface area contributed by atoms with Gasteiger partial charge in [-0.3, -0.25) is 9.79 Å². The van der Waals surface area contributed by atoms with Crippen LogP contribution in [0.1, 0.15) is 18.1 Å². The first kappa shape index (κ1) is 21.9. The number of guanidine groups is 1. The molecule has 26 heavy (non-hydrogen) atoms. The van der Waals surface area contributed by atoms with Gasteiger partial charge in [-0.2, -0.15) is 0 Å². The lowest BCUT2D eigenvalue weighted by atomic mass is 10.2. The van der Waals surface area contributed by atoms with E-state index in [0.717, 1.165) is 16.8 Å². The highest BCUT2D eigenvalue weighted by atomic mass is 127. The Morgan fingerprint density at radius 1 is 1.15 bits per heavy atom. The van der Waals surface area contributed by atoms with E-state index in [2.05, 4.69) is 15.6 Å². The molecule has 2 N–H and O–H groups in total. The van der Waals surface area contributed by atoms with Gasteiger partial charge in [0.25, 0.3) is 0 Å². The molecular weight excluding hydrogens is 446 g/mol. The van der Waals surface area contributed by atoms with Gasteiger partial charge in [-0.15, -0.1) is 24.0 Å². The molecule has 5 nitrogen and oxygen atoms in total. The molecule has 0 aliphatic heterocycles. The zero-order valence-electron chi connectivity index (χ0n) is 15.1. The molecule has 0 heterocycles.